The number of benzene rings is 1. The second-order valence-corrected chi connectivity index (χ2v) is 4.14. The third-order valence-corrected chi connectivity index (χ3v) is 2.78. The van der Waals surface area contributed by atoms with Crippen LogP contribution in [0.25, 0.3) is 0 Å². The van der Waals surface area contributed by atoms with Crippen LogP contribution in [0.4, 0.5) is 5.69 Å². The lowest BCUT2D eigenvalue weighted by Crippen LogP contribution is -2.15. The molecule has 0 spiro atoms. The van der Waals surface area contributed by atoms with E-state index in [4.69, 9.17) is 4.74 Å². The molecule has 0 unspecified atom stereocenters. The summed E-state index contributed by atoms with van der Waals surface area (Å²) in [5.41, 5.74) is 1.94. The Morgan fingerprint density at radius 1 is 1.39 bits per heavy atom. The van der Waals surface area contributed by atoms with Gasteiger partial charge < -0.3 is 15.4 Å². The first kappa shape index (κ1) is 14.5. The molecule has 0 bridgehead atoms. The van der Waals surface area contributed by atoms with Gasteiger partial charge in [-0.05, 0) is 50.2 Å². The van der Waals surface area contributed by atoms with Gasteiger partial charge in [0.1, 0.15) is 5.75 Å². The first-order chi connectivity index (χ1) is 8.71. The molecule has 0 aliphatic rings. The minimum absolute atomic E-state index is 0.0532. The Hall–Kier alpha value is -1.55. The molecule has 0 fully saturated rings. The summed E-state index contributed by atoms with van der Waals surface area (Å²) in [6, 6.07) is 5.73. The fourth-order valence-corrected chi connectivity index (χ4v) is 1.78. The van der Waals surface area contributed by atoms with Crippen molar-refractivity contribution in [2.75, 3.05) is 26.0 Å². The monoisotopic (exact) mass is 250 g/mol. The maximum atomic E-state index is 11.7. The maximum absolute atomic E-state index is 11.7. The topological polar surface area (TPSA) is 50.4 Å². The highest BCUT2D eigenvalue weighted by atomic mass is 16.5. The van der Waals surface area contributed by atoms with Crippen molar-refractivity contribution in [2.24, 2.45) is 0 Å². The first-order valence-corrected chi connectivity index (χ1v) is 6.32. The fraction of sp³-hybridized carbons (Fsp3) is 0.500. The van der Waals surface area contributed by atoms with Gasteiger partial charge in [0.15, 0.2) is 0 Å². The van der Waals surface area contributed by atoms with Crippen LogP contribution in [0.1, 0.15) is 25.3 Å². The van der Waals surface area contributed by atoms with E-state index in [1.165, 1.54) is 0 Å². The average molecular weight is 250 g/mol. The molecule has 0 atom stereocenters. The van der Waals surface area contributed by atoms with Gasteiger partial charge >= 0.3 is 0 Å². The molecule has 4 nitrogen and oxygen atoms in total. The van der Waals surface area contributed by atoms with Gasteiger partial charge in [-0.3, -0.25) is 4.79 Å². The molecule has 1 aromatic carbocycles. The van der Waals surface area contributed by atoms with Gasteiger partial charge in [-0.25, -0.2) is 0 Å². The highest BCUT2D eigenvalue weighted by Gasteiger charge is 2.05. The highest BCUT2D eigenvalue weighted by molar-refractivity contribution is 5.90. The number of nitrogens with one attached hydrogen (secondary N) is 2. The molecule has 1 amide bonds. The largest absolute Gasteiger partial charge is 0.496 e. The SMILES string of the molecule is CCc1cc(NC(=O)CCCNC)ccc1OC. The second kappa shape index (κ2) is 7.71. The van der Waals surface area contributed by atoms with Crippen molar-refractivity contribution in [3.05, 3.63) is 23.8 Å². The van der Waals surface area contributed by atoms with Crippen molar-refractivity contribution in [3.8, 4) is 5.75 Å². The molecule has 2 N–H and O–H groups in total. The van der Waals surface area contributed by atoms with E-state index in [0.29, 0.717) is 6.42 Å². The Balaban J connectivity index is 2.59. The molecule has 100 valence electrons. The normalized spacial score (nSPS) is 10.2. The smallest absolute Gasteiger partial charge is 0.224 e. The predicted octanol–water partition coefficient (Wildman–Crippen LogP) is 2.20. The van der Waals surface area contributed by atoms with Crippen LogP contribution in [0.3, 0.4) is 0 Å². The Kier molecular flexibility index (Phi) is 6.22. The lowest BCUT2D eigenvalue weighted by Gasteiger charge is -2.10. The van der Waals surface area contributed by atoms with Crippen LogP contribution < -0.4 is 15.4 Å². The number of ether oxygens (including phenoxy) is 1. The van der Waals surface area contributed by atoms with Crippen LogP contribution in [-0.4, -0.2) is 26.6 Å². The van der Waals surface area contributed by atoms with E-state index >= 15 is 0 Å². The Labute approximate surface area is 109 Å². The van der Waals surface area contributed by atoms with Crippen molar-refractivity contribution < 1.29 is 9.53 Å². The van der Waals surface area contributed by atoms with Crippen LogP contribution >= 0.6 is 0 Å². The van der Waals surface area contributed by atoms with E-state index < -0.39 is 0 Å². The number of carbonyl (C=O) groups is 1. The van der Waals surface area contributed by atoms with Gasteiger partial charge in [0.2, 0.25) is 5.91 Å². The molecule has 1 aromatic rings. The zero-order valence-electron chi connectivity index (χ0n) is 11.4. The van der Waals surface area contributed by atoms with E-state index in [1.807, 2.05) is 25.2 Å². The standard InChI is InChI=1S/C14H22N2O2/c1-4-11-10-12(7-8-13(11)18-3)16-14(17)6-5-9-15-2/h7-8,10,15H,4-6,9H2,1-3H3,(H,16,17). The van der Waals surface area contributed by atoms with Crippen LogP contribution in [-0.2, 0) is 11.2 Å². The van der Waals surface area contributed by atoms with Crippen LogP contribution in [0.2, 0.25) is 0 Å². The molecule has 0 aliphatic carbocycles. The molecule has 0 saturated carbocycles. The molecule has 4 heteroatoms. The summed E-state index contributed by atoms with van der Waals surface area (Å²) in [6.45, 7) is 2.92. The van der Waals surface area contributed by atoms with Crippen LogP contribution in [0.15, 0.2) is 18.2 Å². The number of carbonyl (C=O) groups excluding carboxylic acids is 1. The minimum Gasteiger partial charge on any atom is -0.496 e. The molecule has 0 saturated heterocycles. The average Bonchev–Trinajstić information content (AvgIpc) is 2.39. The minimum atomic E-state index is 0.0532. The molecular weight excluding hydrogens is 228 g/mol. The van der Waals surface area contributed by atoms with E-state index in [1.54, 1.807) is 7.11 Å². The summed E-state index contributed by atoms with van der Waals surface area (Å²) >= 11 is 0. The summed E-state index contributed by atoms with van der Waals surface area (Å²) in [7, 11) is 3.54. The lowest BCUT2D eigenvalue weighted by molar-refractivity contribution is -0.116. The molecule has 0 heterocycles. The molecular formula is C14H22N2O2. The van der Waals surface area contributed by atoms with Crippen molar-refractivity contribution >= 4 is 11.6 Å². The molecule has 0 aromatic heterocycles. The van der Waals surface area contributed by atoms with Crippen LogP contribution in [0.5, 0.6) is 5.75 Å². The van der Waals surface area contributed by atoms with Crippen LogP contribution in [0, 0.1) is 0 Å². The first-order valence-electron chi connectivity index (χ1n) is 6.32. The van der Waals surface area contributed by atoms with Gasteiger partial charge in [-0.15, -0.1) is 0 Å². The number of hydrogen-bond acceptors (Lipinski definition) is 3. The molecule has 0 radical (unpaired) electrons. The Morgan fingerprint density at radius 3 is 2.78 bits per heavy atom. The van der Waals surface area contributed by atoms with Gasteiger partial charge in [0.05, 0.1) is 7.11 Å². The Morgan fingerprint density at radius 2 is 2.17 bits per heavy atom. The van der Waals surface area contributed by atoms with Gasteiger partial charge in [-0.2, -0.15) is 0 Å². The maximum Gasteiger partial charge on any atom is 0.224 e. The lowest BCUT2D eigenvalue weighted by atomic mass is 10.1. The van der Waals surface area contributed by atoms with Crippen molar-refractivity contribution in [3.63, 3.8) is 0 Å². The van der Waals surface area contributed by atoms with E-state index in [0.717, 1.165) is 36.4 Å². The number of methoxy groups -OCH3 is 1. The quantitative estimate of drug-likeness (QED) is 0.729. The third-order valence-electron chi connectivity index (χ3n) is 2.78. The summed E-state index contributed by atoms with van der Waals surface area (Å²) in [4.78, 5) is 11.7. The summed E-state index contributed by atoms with van der Waals surface area (Å²) < 4.78 is 5.25. The number of hydrogen-bond donors (Lipinski definition) is 2. The number of anilines is 1. The van der Waals surface area contributed by atoms with Crippen molar-refractivity contribution in [1.82, 2.24) is 5.32 Å². The van der Waals surface area contributed by atoms with E-state index in [2.05, 4.69) is 17.6 Å². The number of amides is 1. The molecule has 18 heavy (non-hydrogen) atoms. The van der Waals surface area contributed by atoms with E-state index in [9.17, 15) is 4.79 Å². The number of rotatable bonds is 7. The third kappa shape index (κ3) is 4.37. The summed E-state index contributed by atoms with van der Waals surface area (Å²) in [5.74, 6) is 0.920. The predicted molar refractivity (Wildman–Crippen MR) is 74.2 cm³/mol. The molecule has 1 rings (SSSR count). The Bertz CT molecular complexity index is 391. The zero-order chi connectivity index (χ0) is 13.4. The van der Waals surface area contributed by atoms with Crippen molar-refractivity contribution in [2.45, 2.75) is 26.2 Å². The summed E-state index contributed by atoms with van der Waals surface area (Å²) in [6.07, 6.45) is 2.26. The zero-order valence-corrected chi connectivity index (χ0v) is 11.4. The van der Waals surface area contributed by atoms with Gasteiger partial charge in [0.25, 0.3) is 0 Å². The highest BCUT2D eigenvalue weighted by Crippen LogP contribution is 2.23. The van der Waals surface area contributed by atoms with Gasteiger partial charge in [0, 0.05) is 12.1 Å². The number of aryl methyl sites for hydroxylation is 1. The fourth-order valence-electron chi connectivity index (χ4n) is 1.78. The van der Waals surface area contributed by atoms with E-state index in [-0.39, 0.29) is 5.91 Å². The van der Waals surface area contributed by atoms with Crippen molar-refractivity contribution in [1.29, 1.82) is 0 Å². The second-order valence-electron chi connectivity index (χ2n) is 4.14. The van der Waals surface area contributed by atoms with Gasteiger partial charge in [-0.1, -0.05) is 6.92 Å². The summed E-state index contributed by atoms with van der Waals surface area (Å²) in [5, 5.41) is 5.93. The molecule has 0 aliphatic heterocycles.